The SMILES string of the molecule is Cc1nc(CN)ccc1C(=O)N1CCO[C@@H](c2ccc(F)cc2)C1. The third kappa shape index (κ3) is 3.44. The number of aryl methyl sites for hydroxylation is 1. The molecule has 1 aromatic carbocycles. The molecule has 24 heavy (non-hydrogen) atoms. The van der Waals surface area contributed by atoms with Crippen LogP contribution < -0.4 is 5.73 Å². The maximum absolute atomic E-state index is 13.1. The molecule has 2 aromatic rings. The van der Waals surface area contributed by atoms with Crippen molar-refractivity contribution in [1.29, 1.82) is 0 Å². The molecule has 1 atom stereocenters. The van der Waals surface area contributed by atoms with Gasteiger partial charge in [0.25, 0.3) is 5.91 Å². The van der Waals surface area contributed by atoms with Crippen molar-refractivity contribution in [3.8, 4) is 0 Å². The number of pyridine rings is 1. The predicted molar refractivity (Wildman–Crippen MR) is 87.9 cm³/mol. The van der Waals surface area contributed by atoms with Gasteiger partial charge in [0.15, 0.2) is 0 Å². The van der Waals surface area contributed by atoms with Gasteiger partial charge in [0.05, 0.1) is 30.1 Å². The number of nitrogens with zero attached hydrogens (tertiary/aromatic N) is 2. The molecular formula is C18H20FN3O2. The van der Waals surface area contributed by atoms with Gasteiger partial charge in [-0.05, 0) is 36.8 Å². The first-order valence-corrected chi connectivity index (χ1v) is 7.91. The van der Waals surface area contributed by atoms with E-state index in [9.17, 15) is 9.18 Å². The molecule has 0 unspecified atom stereocenters. The van der Waals surface area contributed by atoms with Crippen LogP contribution in [0.3, 0.4) is 0 Å². The lowest BCUT2D eigenvalue weighted by atomic mass is 10.1. The summed E-state index contributed by atoms with van der Waals surface area (Å²) in [7, 11) is 0. The van der Waals surface area contributed by atoms with Gasteiger partial charge in [0.2, 0.25) is 0 Å². The highest BCUT2D eigenvalue weighted by Crippen LogP contribution is 2.24. The van der Waals surface area contributed by atoms with Crippen molar-refractivity contribution in [2.75, 3.05) is 19.7 Å². The summed E-state index contributed by atoms with van der Waals surface area (Å²) in [6.45, 7) is 3.56. The standard InChI is InChI=1S/C18H20FN3O2/c1-12-16(7-6-15(10-20)21-12)18(23)22-8-9-24-17(11-22)13-2-4-14(19)5-3-13/h2-7,17H,8-11,20H2,1H3/t17-/m1/s1. The Kier molecular flexibility index (Phi) is 4.87. The Morgan fingerprint density at radius 1 is 1.33 bits per heavy atom. The molecule has 126 valence electrons. The number of morpholine rings is 1. The summed E-state index contributed by atoms with van der Waals surface area (Å²) in [6, 6.07) is 9.74. The molecule has 1 aliphatic rings. The third-order valence-electron chi connectivity index (χ3n) is 4.18. The Labute approximate surface area is 140 Å². The van der Waals surface area contributed by atoms with Gasteiger partial charge in [-0.1, -0.05) is 12.1 Å². The highest BCUT2D eigenvalue weighted by molar-refractivity contribution is 5.95. The average molecular weight is 329 g/mol. The van der Waals surface area contributed by atoms with Gasteiger partial charge in [-0.3, -0.25) is 9.78 Å². The van der Waals surface area contributed by atoms with E-state index >= 15 is 0 Å². The van der Waals surface area contributed by atoms with E-state index in [4.69, 9.17) is 10.5 Å². The molecule has 5 nitrogen and oxygen atoms in total. The molecule has 0 radical (unpaired) electrons. The number of rotatable bonds is 3. The van der Waals surface area contributed by atoms with Crippen molar-refractivity contribution >= 4 is 5.91 Å². The summed E-state index contributed by atoms with van der Waals surface area (Å²) < 4.78 is 18.8. The largest absolute Gasteiger partial charge is 0.370 e. The van der Waals surface area contributed by atoms with E-state index in [0.29, 0.717) is 37.5 Å². The van der Waals surface area contributed by atoms with Crippen molar-refractivity contribution < 1.29 is 13.9 Å². The Morgan fingerprint density at radius 2 is 2.08 bits per heavy atom. The predicted octanol–water partition coefficient (Wildman–Crippen LogP) is 2.20. The second-order valence-electron chi connectivity index (χ2n) is 5.80. The van der Waals surface area contributed by atoms with E-state index in [1.165, 1.54) is 12.1 Å². The lowest BCUT2D eigenvalue weighted by Gasteiger charge is -2.33. The molecule has 1 saturated heterocycles. The molecule has 6 heteroatoms. The zero-order chi connectivity index (χ0) is 17.1. The minimum absolute atomic E-state index is 0.0704. The molecule has 1 amide bonds. The number of hydrogen-bond acceptors (Lipinski definition) is 4. The van der Waals surface area contributed by atoms with Crippen molar-refractivity contribution in [3.05, 3.63) is 64.7 Å². The summed E-state index contributed by atoms with van der Waals surface area (Å²) in [4.78, 5) is 18.9. The fourth-order valence-electron chi connectivity index (χ4n) is 2.84. The minimum atomic E-state index is -0.288. The van der Waals surface area contributed by atoms with E-state index in [0.717, 1.165) is 11.3 Å². The highest BCUT2D eigenvalue weighted by Gasteiger charge is 2.27. The van der Waals surface area contributed by atoms with Crippen LogP contribution >= 0.6 is 0 Å². The van der Waals surface area contributed by atoms with Gasteiger partial charge in [-0.25, -0.2) is 4.39 Å². The number of hydrogen-bond donors (Lipinski definition) is 1. The molecule has 0 aliphatic carbocycles. The summed E-state index contributed by atoms with van der Waals surface area (Å²) in [5.74, 6) is -0.358. The molecule has 1 fully saturated rings. The summed E-state index contributed by atoms with van der Waals surface area (Å²) in [5, 5.41) is 0. The molecule has 0 bridgehead atoms. The molecule has 2 heterocycles. The minimum Gasteiger partial charge on any atom is -0.370 e. The Bertz CT molecular complexity index is 734. The van der Waals surface area contributed by atoms with Crippen molar-refractivity contribution in [2.24, 2.45) is 5.73 Å². The zero-order valence-electron chi connectivity index (χ0n) is 13.5. The van der Waals surface area contributed by atoms with Gasteiger partial charge in [-0.15, -0.1) is 0 Å². The van der Waals surface area contributed by atoms with Crippen LogP contribution in [0.25, 0.3) is 0 Å². The molecule has 0 saturated carbocycles. The van der Waals surface area contributed by atoms with Gasteiger partial charge < -0.3 is 15.4 Å². The van der Waals surface area contributed by atoms with E-state index in [2.05, 4.69) is 4.98 Å². The van der Waals surface area contributed by atoms with Crippen LogP contribution in [0.2, 0.25) is 0 Å². The maximum atomic E-state index is 13.1. The third-order valence-corrected chi connectivity index (χ3v) is 4.18. The maximum Gasteiger partial charge on any atom is 0.255 e. The first-order valence-electron chi connectivity index (χ1n) is 7.91. The van der Waals surface area contributed by atoms with Gasteiger partial charge >= 0.3 is 0 Å². The quantitative estimate of drug-likeness (QED) is 0.937. The molecule has 2 N–H and O–H groups in total. The second kappa shape index (κ2) is 7.07. The smallest absolute Gasteiger partial charge is 0.255 e. The van der Waals surface area contributed by atoms with E-state index in [-0.39, 0.29) is 17.8 Å². The Morgan fingerprint density at radius 3 is 2.75 bits per heavy atom. The zero-order valence-corrected chi connectivity index (χ0v) is 13.5. The van der Waals surface area contributed by atoms with E-state index in [1.807, 2.05) is 6.92 Å². The van der Waals surface area contributed by atoms with Crippen LogP contribution in [0.4, 0.5) is 4.39 Å². The lowest BCUT2D eigenvalue weighted by Crippen LogP contribution is -2.42. The van der Waals surface area contributed by atoms with E-state index < -0.39 is 0 Å². The summed E-state index contributed by atoms with van der Waals surface area (Å²) in [6.07, 6.45) is -0.250. The summed E-state index contributed by atoms with van der Waals surface area (Å²) in [5.41, 5.74) is 8.45. The van der Waals surface area contributed by atoms with Gasteiger partial charge in [0, 0.05) is 13.1 Å². The number of halogens is 1. The number of carbonyl (C=O) groups is 1. The van der Waals surface area contributed by atoms with Crippen LogP contribution in [0.5, 0.6) is 0 Å². The number of carbonyl (C=O) groups excluding carboxylic acids is 1. The number of aromatic nitrogens is 1. The number of amides is 1. The first-order chi connectivity index (χ1) is 11.6. The van der Waals surface area contributed by atoms with Crippen molar-refractivity contribution in [3.63, 3.8) is 0 Å². The van der Waals surface area contributed by atoms with Crippen LogP contribution in [-0.4, -0.2) is 35.5 Å². The van der Waals surface area contributed by atoms with Gasteiger partial charge in [0.1, 0.15) is 11.9 Å². The van der Waals surface area contributed by atoms with Crippen LogP contribution in [0.15, 0.2) is 36.4 Å². The van der Waals surface area contributed by atoms with Gasteiger partial charge in [-0.2, -0.15) is 0 Å². The van der Waals surface area contributed by atoms with Crippen LogP contribution in [-0.2, 0) is 11.3 Å². The lowest BCUT2D eigenvalue weighted by molar-refractivity contribution is -0.0228. The molecule has 0 spiro atoms. The van der Waals surface area contributed by atoms with Crippen LogP contribution in [0.1, 0.15) is 33.4 Å². The number of ether oxygens (including phenoxy) is 1. The monoisotopic (exact) mass is 329 g/mol. The summed E-state index contributed by atoms with van der Waals surface area (Å²) >= 11 is 0. The second-order valence-corrected chi connectivity index (χ2v) is 5.80. The van der Waals surface area contributed by atoms with E-state index in [1.54, 1.807) is 29.2 Å². The first kappa shape index (κ1) is 16.5. The van der Waals surface area contributed by atoms with Crippen LogP contribution in [0, 0.1) is 12.7 Å². The Hall–Kier alpha value is -2.31. The fourth-order valence-corrected chi connectivity index (χ4v) is 2.84. The number of benzene rings is 1. The molecule has 1 aromatic heterocycles. The Balaban J connectivity index is 1.76. The molecule has 3 rings (SSSR count). The van der Waals surface area contributed by atoms with Crippen molar-refractivity contribution in [2.45, 2.75) is 19.6 Å². The molecule has 1 aliphatic heterocycles. The fraction of sp³-hybridized carbons (Fsp3) is 0.333. The van der Waals surface area contributed by atoms with Crippen molar-refractivity contribution in [1.82, 2.24) is 9.88 Å². The number of nitrogens with two attached hydrogens (primary N) is 1. The topological polar surface area (TPSA) is 68.5 Å². The highest BCUT2D eigenvalue weighted by atomic mass is 19.1. The average Bonchev–Trinajstić information content (AvgIpc) is 2.61. The molecular weight excluding hydrogens is 309 g/mol. The normalized spacial score (nSPS) is 17.8.